The first-order valence-electron chi connectivity index (χ1n) is 7.49. The van der Waals surface area contributed by atoms with Crippen molar-refractivity contribution in [1.29, 1.82) is 0 Å². The van der Waals surface area contributed by atoms with Gasteiger partial charge in [0.2, 0.25) is 0 Å². The first-order chi connectivity index (χ1) is 10.8. The number of carbonyl (C=O) groups is 2. The van der Waals surface area contributed by atoms with Crippen molar-refractivity contribution in [2.24, 2.45) is 0 Å². The van der Waals surface area contributed by atoms with E-state index >= 15 is 0 Å². The van der Waals surface area contributed by atoms with Gasteiger partial charge in [-0.25, -0.2) is 0 Å². The van der Waals surface area contributed by atoms with Crippen LogP contribution in [0.1, 0.15) is 43.8 Å². The fraction of sp³-hybridized carbons (Fsp3) is 0.158. The molecule has 0 unspecified atom stereocenters. The molecule has 2 aromatic rings. The average molecular weight is 289 g/mol. The molecule has 1 heterocycles. The van der Waals surface area contributed by atoms with Crippen molar-refractivity contribution in [3.8, 4) is 0 Å². The van der Waals surface area contributed by atoms with E-state index < -0.39 is 0 Å². The molecule has 4 rings (SSSR count). The highest BCUT2D eigenvalue weighted by Crippen LogP contribution is 2.33. The standard InChI is InChI=1S/C19H15NO2/c21-18-14-4-1-2-5-15(14)19(22)17-13(6-3-7-16(17)18)12-8-10-20-11-9-12/h1-8,20H,9-11H2. The highest BCUT2D eigenvalue weighted by atomic mass is 16.1. The van der Waals surface area contributed by atoms with Crippen LogP contribution in [0.4, 0.5) is 0 Å². The number of rotatable bonds is 1. The summed E-state index contributed by atoms with van der Waals surface area (Å²) >= 11 is 0. The fourth-order valence-corrected chi connectivity index (χ4v) is 3.28. The Bertz CT molecular complexity index is 833. The van der Waals surface area contributed by atoms with Gasteiger partial charge in [-0.3, -0.25) is 9.59 Å². The molecule has 1 aliphatic carbocycles. The van der Waals surface area contributed by atoms with Crippen LogP contribution < -0.4 is 5.32 Å². The Morgan fingerprint density at radius 3 is 2.18 bits per heavy atom. The number of ketones is 2. The third-order valence-electron chi connectivity index (χ3n) is 4.36. The van der Waals surface area contributed by atoms with E-state index in [1.807, 2.05) is 12.1 Å². The van der Waals surface area contributed by atoms with Gasteiger partial charge in [-0.1, -0.05) is 48.5 Å². The predicted molar refractivity (Wildman–Crippen MR) is 85.2 cm³/mol. The minimum atomic E-state index is -0.0541. The van der Waals surface area contributed by atoms with Crippen molar-refractivity contribution in [3.05, 3.63) is 76.4 Å². The predicted octanol–water partition coefficient (Wildman–Crippen LogP) is 2.84. The lowest BCUT2D eigenvalue weighted by Crippen LogP contribution is -2.24. The van der Waals surface area contributed by atoms with Gasteiger partial charge in [-0.2, -0.15) is 0 Å². The van der Waals surface area contributed by atoms with Crippen LogP contribution >= 0.6 is 0 Å². The van der Waals surface area contributed by atoms with Gasteiger partial charge in [0, 0.05) is 28.8 Å². The Kier molecular flexibility index (Phi) is 3.01. The van der Waals surface area contributed by atoms with E-state index in [2.05, 4.69) is 11.4 Å². The van der Waals surface area contributed by atoms with Gasteiger partial charge in [-0.15, -0.1) is 0 Å². The molecule has 0 radical (unpaired) electrons. The summed E-state index contributed by atoms with van der Waals surface area (Å²) in [6.45, 7) is 1.70. The SMILES string of the molecule is O=C1c2ccccc2C(=O)c2c1cccc2C1=CCNCC1. The zero-order valence-electron chi connectivity index (χ0n) is 12.1. The van der Waals surface area contributed by atoms with Crippen LogP contribution in [0, 0.1) is 0 Å². The number of fused-ring (bicyclic) bond motifs is 2. The third-order valence-corrected chi connectivity index (χ3v) is 4.36. The Balaban J connectivity index is 1.95. The fourth-order valence-electron chi connectivity index (χ4n) is 3.28. The Morgan fingerprint density at radius 1 is 0.773 bits per heavy atom. The number of hydrogen-bond donors (Lipinski definition) is 1. The van der Waals surface area contributed by atoms with Gasteiger partial charge in [0.1, 0.15) is 0 Å². The van der Waals surface area contributed by atoms with Gasteiger partial charge >= 0.3 is 0 Å². The van der Waals surface area contributed by atoms with E-state index in [0.717, 1.165) is 30.6 Å². The van der Waals surface area contributed by atoms with Crippen molar-refractivity contribution in [2.75, 3.05) is 13.1 Å². The van der Waals surface area contributed by atoms with Crippen LogP contribution in [0.5, 0.6) is 0 Å². The second-order valence-corrected chi connectivity index (χ2v) is 5.62. The minimum Gasteiger partial charge on any atom is -0.313 e. The first kappa shape index (κ1) is 13.2. The Labute approximate surface area is 128 Å². The topological polar surface area (TPSA) is 46.2 Å². The zero-order valence-corrected chi connectivity index (χ0v) is 12.1. The van der Waals surface area contributed by atoms with E-state index in [1.54, 1.807) is 30.3 Å². The van der Waals surface area contributed by atoms with E-state index in [9.17, 15) is 9.59 Å². The normalized spacial score (nSPS) is 16.8. The lowest BCUT2D eigenvalue weighted by molar-refractivity contribution is 0.0979. The lowest BCUT2D eigenvalue weighted by Gasteiger charge is -2.22. The highest BCUT2D eigenvalue weighted by Gasteiger charge is 2.31. The van der Waals surface area contributed by atoms with Gasteiger partial charge in [0.15, 0.2) is 11.6 Å². The maximum absolute atomic E-state index is 12.9. The average Bonchev–Trinajstić information content (AvgIpc) is 2.60. The molecule has 0 saturated carbocycles. The monoisotopic (exact) mass is 289 g/mol. The summed E-state index contributed by atoms with van der Waals surface area (Å²) in [6, 6.07) is 12.7. The van der Waals surface area contributed by atoms with E-state index in [0.29, 0.717) is 22.3 Å². The van der Waals surface area contributed by atoms with Crippen molar-refractivity contribution in [1.82, 2.24) is 5.32 Å². The number of carbonyl (C=O) groups excluding carboxylic acids is 2. The molecule has 22 heavy (non-hydrogen) atoms. The largest absolute Gasteiger partial charge is 0.313 e. The molecule has 0 atom stereocenters. The molecule has 108 valence electrons. The smallest absolute Gasteiger partial charge is 0.195 e. The summed E-state index contributed by atoms with van der Waals surface area (Å²) in [7, 11) is 0. The van der Waals surface area contributed by atoms with Crippen LogP contribution in [0.25, 0.3) is 5.57 Å². The molecule has 3 nitrogen and oxygen atoms in total. The summed E-state index contributed by atoms with van der Waals surface area (Å²) < 4.78 is 0. The molecule has 0 saturated heterocycles. The summed E-state index contributed by atoms with van der Waals surface area (Å²) in [4.78, 5) is 25.6. The van der Waals surface area contributed by atoms with Crippen LogP contribution in [0.3, 0.4) is 0 Å². The molecular weight excluding hydrogens is 274 g/mol. The highest BCUT2D eigenvalue weighted by molar-refractivity contribution is 6.29. The van der Waals surface area contributed by atoms with Crippen LogP contribution in [-0.2, 0) is 0 Å². The molecule has 1 aliphatic heterocycles. The van der Waals surface area contributed by atoms with Crippen molar-refractivity contribution in [3.63, 3.8) is 0 Å². The molecule has 0 fully saturated rings. The molecule has 0 bridgehead atoms. The number of benzene rings is 2. The van der Waals surface area contributed by atoms with Crippen molar-refractivity contribution < 1.29 is 9.59 Å². The molecule has 0 aromatic heterocycles. The molecule has 2 aromatic carbocycles. The van der Waals surface area contributed by atoms with Crippen LogP contribution in [0.15, 0.2) is 48.5 Å². The zero-order chi connectivity index (χ0) is 15.1. The summed E-state index contributed by atoms with van der Waals surface area (Å²) in [5.74, 6) is -0.0955. The molecule has 1 N–H and O–H groups in total. The van der Waals surface area contributed by atoms with E-state index in [1.165, 1.54) is 0 Å². The van der Waals surface area contributed by atoms with Gasteiger partial charge < -0.3 is 5.32 Å². The van der Waals surface area contributed by atoms with Gasteiger partial charge in [-0.05, 0) is 24.1 Å². The Hall–Kier alpha value is -2.52. The second-order valence-electron chi connectivity index (χ2n) is 5.62. The molecule has 0 amide bonds. The molecular formula is C19H15NO2. The minimum absolute atomic E-state index is 0.0415. The number of hydrogen-bond acceptors (Lipinski definition) is 3. The summed E-state index contributed by atoms with van der Waals surface area (Å²) in [6.07, 6.45) is 2.98. The van der Waals surface area contributed by atoms with E-state index in [4.69, 9.17) is 0 Å². The lowest BCUT2D eigenvalue weighted by atomic mass is 9.80. The second kappa shape index (κ2) is 5.04. The Morgan fingerprint density at radius 2 is 1.45 bits per heavy atom. The maximum Gasteiger partial charge on any atom is 0.195 e. The van der Waals surface area contributed by atoms with E-state index in [-0.39, 0.29) is 11.6 Å². The van der Waals surface area contributed by atoms with Crippen LogP contribution in [-0.4, -0.2) is 24.7 Å². The maximum atomic E-state index is 12.9. The van der Waals surface area contributed by atoms with Gasteiger partial charge in [0.05, 0.1) is 0 Å². The van der Waals surface area contributed by atoms with Crippen molar-refractivity contribution in [2.45, 2.75) is 6.42 Å². The first-order valence-corrected chi connectivity index (χ1v) is 7.49. The summed E-state index contributed by atoms with van der Waals surface area (Å²) in [5, 5.41) is 3.27. The van der Waals surface area contributed by atoms with Crippen LogP contribution in [0.2, 0.25) is 0 Å². The molecule has 3 heteroatoms. The van der Waals surface area contributed by atoms with Crippen molar-refractivity contribution >= 4 is 17.1 Å². The molecule has 0 spiro atoms. The van der Waals surface area contributed by atoms with Gasteiger partial charge in [0.25, 0.3) is 0 Å². The quantitative estimate of drug-likeness (QED) is 0.749. The number of nitrogens with one attached hydrogen (secondary N) is 1. The molecule has 2 aliphatic rings. The summed E-state index contributed by atoms with van der Waals surface area (Å²) in [5.41, 5.74) is 4.18. The third kappa shape index (κ3) is 1.86.